The number of rotatable bonds is 7. The van der Waals surface area contributed by atoms with Crippen molar-refractivity contribution in [1.82, 2.24) is 5.32 Å². The van der Waals surface area contributed by atoms with Gasteiger partial charge in [-0.05, 0) is 24.5 Å². The Balaban J connectivity index is 2.07. The normalized spacial score (nSPS) is 29.2. The molecule has 1 aromatic carbocycles. The third kappa shape index (κ3) is 5.08. The number of aliphatic hydroxyl groups excluding tert-OH is 4. The quantitative estimate of drug-likeness (QED) is 0.357. The molecule has 1 unspecified atom stereocenters. The van der Waals surface area contributed by atoms with Crippen molar-refractivity contribution in [2.24, 2.45) is 0 Å². The Morgan fingerprint density at radius 2 is 1.96 bits per heavy atom. The predicted molar refractivity (Wildman–Crippen MR) is 94.2 cm³/mol. The highest BCUT2D eigenvalue weighted by atomic mass is 16.7. The Morgan fingerprint density at radius 1 is 1.26 bits per heavy atom. The van der Waals surface area contributed by atoms with Gasteiger partial charge in [-0.25, -0.2) is 0 Å². The highest BCUT2D eigenvalue weighted by Crippen LogP contribution is 2.33. The van der Waals surface area contributed by atoms with Gasteiger partial charge in [0.1, 0.15) is 35.9 Å². The Hall–Kier alpha value is -1.91. The highest BCUT2D eigenvalue weighted by Gasteiger charge is 2.44. The molecule has 6 N–H and O–H groups in total. The SMILES string of the molecule is CCNC(=O)CC(C)c1ccc(O[C@@H]2O[C@H](CO)[C@@H](O)[C@H](O)[C@H]2O)cc1O. The van der Waals surface area contributed by atoms with Crippen LogP contribution in [0.4, 0.5) is 0 Å². The van der Waals surface area contributed by atoms with E-state index in [0.717, 1.165) is 0 Å². The van der Waals surface area contributed by atoms with Crippen LogP contribution in [0.5, 0.6) is 11.5 Å². The van der Waals surface area contributed by atoms with E-state index in [1.807, 2.05) is 13.8 Å². The molecule has 0 aromatic heterocycles. The summed E-state index contributed by atoms with van der Waals surface area (Å²) < 4.78 is 10.7. The maximum atomic E-state index is 11.7. The molecule has 0 bridgehead atoms. The van der Waals surface area contributed by atoms with E-state index in [1.165, 1.54) is 12.1 Å². The molecule has 6 atom stereocenters. The number of aromatic hydroxyl groups is 1. The van der Waals surface area contributed by atoms with E-state index in [4.69, 9.17) is 9.47 Å². The summed E-state index contributed by atoms with van der Waals surface area (Å²) in [5, 5.41) is 51.7. The molecule has 1 aliphatic heterocycles. The minimum Gasteiger partial charge on any atom is -0.508 e. The van der Waals surface area contributed by atoms with Crippen LogP contribution < -0.4 is 10.1 Å². The number of hydrogen-bond donors (Lipinski definition) is 6. The average molecular weight is 385 g/mol. The lowest BCUT2D eigenvalue weighted by Gasteiger charge is -2.39. The fourth-order valence-electron chi connectivity index (χ4n) is 2.97. The lowest BCUT2D eigenvalue weighted by Crippen LogP contribution is -2.60. The van der Waals surface area contributed by atoms with Crippen molar-refractivity contribution < 1.29 is 39.8 Å². The van der Waals surface area contributed by atoms with Crippen molar-refractivity contribution in [1.29, 1.82) is 0 Å². The first-order chi connectivity index (χ1) is 12.8. The van der Waals surface area contributed by atoms with E-state index in [2.05, 4.69) is 5.32 Å². The van der Waals surface area contributed by atoms with Gasteiger partial charge < -0.3 is 40.3 Å². The molecular formula is C18H27NO8. The molecule has 27 heavy (non-hydrogen) atoms. The second kappa shape index (κ2) is 9.34. The molecule has 1 heterocycles. The van der Waals surface area contributed by atoms with E-state index in [9.17, 15) is 30.3 Å². The van der Waals surface area contributed by atoms with Crippen molar-refractivity contribution in [3.63, 3.8) is 0 Å². The van der Waals surface area contributed by atoms with Crippen LogP contribution in [0.3, 0.4) is 0 Å². The van der Waals surface area contributed by atoms with E-state index in [0.29, 0.717) is 12.1 Å². The maximum absolute atomic E-state index is 11.7. The number of phenols is 1. The Labute approximate surface area is 157 Å². The number of aliphatic hydroxyl groups is 4. The first-order valence-electron chi connectivity index (χ1n) is 8.85. The van der Waals surface area contributed by atoms with Crippen LogP contribution in [-0.2, 0) is 9.53 Å². The summed E-state index contributed by atoms with van der Waals surface area (Å²) in [5.74, 6) is -0.274. The monoisotopic (exact) mass is 385 g/mol. The van der Waals surface area contributed by atoms with Gasteiger partial charge in [0.2, 0.25) is 12.2 Å². The van der Waals surface area contributed by atoms with Crippen LogP contribution in [0.25, 0.3) is 0 Å². The van der Waals surface area contributed by atoms with E-state index < -0.39 is 37.3 Å². The van der Waals surface area contributed by atoms with Gasteiger partial charge in [-0.2, -0.15) is 0 Å². The van der Waals surface area contributed by atoms with Crippen molar-refractivity contribution in [3.8, 4) is 11.5 Å². The first-order valence-corrected chi connectivity index (χ1v) is 8.85. The number of hydrogen-bond acceptors (Lipinski definition) is 8. The van der Waals surface area contributed by atoms with Gasteiger partial charge in [0.05, 0.1) is 6.61 Å². The topological polar surface area (TPSA) is 149 Å². The summed E-state index contributed by atoms with van der Waals surface area (Å²) in [6.07, 6.45) is -6.77. The first kappa shape index (κ1) is 21.4. The van der Waals surface area contributed by atoms with E-state index >= 15 is 0 Å². The van der Waals surface area contributed by atoms with Gasteiger partial charge in [0.25, 0.3) is 0 Å². The third-order valence-electron chi connectivity index (χ3n) is 4.50. The van der Waals surface area contributed by atoms with Crippen LogP contribution in [0.1, 0.15) is 31.7 Å². The molecule has 0 saturated carbocycles. The van der Waals surface area contributed by atoms with Crippen LogP contribution in [0.15, 0.2) is 18.2 Å². The fourth-order valence-corrected chi connectivity index (χ4v) is 2.97. The van der Waals surface area contributed by atoms with Gasteiger partial charge in [-0.15, -0.1) is 0 Å². The van der Waals surface area contributed by atoms with Gasteiger partial charge in [0, 0.05) is 19.0 Å². The van der Waals surface area contributed by atoms with E-state index in [1.54, 1.807) is 6.07 Å². The van der Waals surface area contributed by atoms with Crippen LogP contribution in [-0.4, -0.2) is 75.3 Å². The molecule has 152 valence electrons. The van der Waals surface area contributed by atoms with Crippen LogP contribution in [0.2, 0.25) is 0 Å². The minimum absolute atomic E-state index is 0.0890. The van der Waals surface area contributed by atoms with Gasteiger partial charge in [-0.1, -0.05) is 13.0 Å². The third-order valence-corrected chi connectivity index (χ3v) is 4.50. The smallest absolute Gasteiger partial charge is 0.229 e. The summed E-state index contributed by atoms with van der Waals surface area (Å²) in [5.41, 5.74) is 0.558. The molecule has 1 saturated heterocycles. The molecule has 1 fully saturated rings. The van der Waals surface area contributed by atoms with Crippen LogP contribution in [0, 0.1) is 0 Å². The zero-order valence-corrected chi connectivity index (χ0v) is 15.3. The number of amides is 1. The standard InChI is InChI=1S/C18H27NO8/c1-3-19-14(22)6-9(2)11-5-4-10(7-12(11)21)26-18-17(25)16(24)15(23)13(8-20)27-18/h4-5,7,9,13,15-18,20-21,23-25H,3,6,8H2,1-2H3,(H,19,22)/t9?,13-,15-,16+,17-,18-/m1/s1. The summed E-state index contributed by atoms with van der Waals surface area (Å²) in [4.78, 5) is 11.7. The van der Waals surface area contributed by atoms with E-state index in [-0.39, 0.29) is 29.7 Å². The minimum atomic E-state index is -1.55. The zero-order valence-electron chi connectivity index (χ0n) is 15.3. The summed E-state index contributed by atoms with van der Waals surface area (Å²) in [7, 11) is 0. The predicted octanol–water partition coefficient (Wildman–Crippen LogP) is -0.799. The molecule has 1 aromatic rings. The largest absolute Gasteiger partial charge is 0.508 e. The molecule has 0 aliphatic carbocycles. The second-order valence-corrected chi connectivity index (χ2v) is 6.59. The fraction of sp³-hybridized carbons (Fsp3) is 0.611. The molecule has 9 heteroatoms. The molecule has 0 spiro atoms. The molecule has 1 aliphatic rings. The number of carbonyl (C=O) groups is 1. The van der Waals surface area contributed by atoms with Crippen LogP contribution >= 0.6 is 0 Å². The van der Waals surface area contributed by atoms with Gasteiger partial charge in [-0.3, -0.25) is 4.79 Å². The number of benzene rings is 1. The summed E-state index contributed by atoms with van der Waals surface area (Å²) in [6, 6.07) is 4.44. The van der Waals surface area contributed by atoms with Crippen molar-refractivity contribution in [2.45, 2.75) is 56.9 Å². The summed E-state index contributed by atoms with van der Waals surface area (Å²) in [6.45, 7) is 3.60. The molecule has 0 radical (unpaired) electrons. The Morgan fingerprint density at radius 3 is 2.56 bits per heavy atom. The number of nitrogens with one attached hydrogen (secondary N) is 1. The maximum Gasteiger partial charge on any atom is 0.229 e. The molecule has 9 nitrogen and oxygen atoms in total. The zero-order chi connectivity index (χ0) is 20.1. The Kier molecular flexibility index (Phi) is 7.40. The number of carbonyl (C=O) groups excluding carboxylic acids is 1. The Bertz CT molecular complexity index is 638. The van der Waals surface area contributed by atoms with Gasteiger partial charge >= 0.3 is 0 Å². The van der Waals surface area contributed by atoms with Gasteiger partial charge in [0.15, 0.2) is 0 Å². The van der Waals surface area contributed by atoms with Crippen molar-refractivity contribution in [3.05, 3.63) is 23.8 Å². The lowest BCUT2D eigenvalue weighted by atomic mass is 9.96. The number of phenolic OH excluding ortho intramolecular Hbond substituents is 1. The lowest BCUT2D eigenvalue weighted by molar-refractivity contribution is -0.277. The highest BCUT2D eigenvalue weighted by molar-refractivity contribution is 5.76. The molecular weight excluding hydrogens is 358 g/mol. The second-order valence-electron chi connectivity index (χ2n) is 6.59. The van der Waals surface area contributed by atoms with Crippen molar-refractivity contribution in [2.75, 3.05) is 13.2 Å². The number of ether oxygens (including phenoxy) is 2. The molecule has 1 amide bonds. The average Bonchev–Trinajstić information content (AvgIpc) is 2.62. The molecule has 2 rings (SSSR count). The summed E-state index contributed by atoms with van der Waals surface area (Å²) >= 11 is 0. The van der Waals surface area contributed by atoms with Crippen molar-refractivity contribution >= 4 is 5.91 Å².